The number of para-hydroxylation sites is 1. The van der Waals surface area contributed by atoms with Gasteiger partial charge in [0, 0.05) is 5.69 Å². The van der Waals surface area contributed by atoms with Gasteiger partial charge in [-0.2, -0.15) is 0 Å². The molecule has 1 aromatic heterocycles. The second-order valence-electron chi connectivity index (χ2n) is 5.17. The monoisotopic (exact) mass is 374 g/mol. The highest BCUT2D eigenvalue weighted by Crippen LogP contribution is 2.25. The first-order valence-corrected chi connectivity index (χ1v) is 8.64. The Morgan fingerprint density at radius 2 is 1.88 bits per heavy atom. The van der Waals surface area contributed by atoms with Gasteiger partial charge in [0.05, 0.1) is 5.02 Å². The molecule has 2 N–H and O–H groups in total. The predicted octanol–water partition coefficient (Wildman–Crippen LogP) is 4.72. The van der Waals surface area contributed by atoms with E-state index in [2.05, 4.69) is 20.8 Å². The quantitative estimate of drug-likeness (QED) is 0.677. The highest BCUT2D eigenvalue weighted by molar-refractivity contribution is 7.15. The fourth-order valence-corrected chi connectivity index (χ4v) is 2.80. The van der Waals surface area contributed by atoms with E-state index in [1.54, 1.807) is 12.1 Å². The number of aryl methyl sites for hydroxylation is 1. The maximum Gasteiger partial charge on any atom is 0.325 e. The van der Waals surface area contributed by atoms with Gasteiger partial charge in [0.15, 0.2) is 5.01 Å². The molecule has 2 aromatic carbocycles. The van der Waals surface area contributed by atoms with E-state index in [9.17, 15) is 4.79 Å². The second kappa shape index (κ2) is 7.96. The summed E-state index contributed by atoms with van der Waals surface area (Å²) in [6, 6.07) is 14.3. The van der Waals surface area contributed by atoms with Gasteiger partial charge in [-0.1, -0.05) is 52.8 Å². The molecular formula is C17H15ClN4O2S. The van der Waals surface area contributed by atoms with E-state index in [1.807, 2.05) is 43.3 Å². The van der Waals surface area contributed by atoms with Crippen molar-refractivity contribution in [1.82, 2.24) is 10.2 Å². The van der Waals surface area contributed by atoms with E-state index in [0.717, 1.165) is 5.56 Å². The third kappa shape index (κ3) is 4.91. The minimum atomic E-state index is -0.376. The minimum absolute atomic E-state index is 0.225. The number of aromatic nitrogens is 2. The van der Waals surface area contributed by atoms with Crippen LogP contribution in [0.1, 0.15) is 10.6 Å². The molecule has 0 bridgehead atoms. The van der Waals surface area contributed by atoms with Crippen molar-refractivity contribution >= 4 is 39.8 Å². The Balaban J connectivity index is 1.53. The minimum Gasteiger partial charge on any atom is -0.485 e. The summed E-state index contributed by atoms with van der Waals surface area (Å²) in [6.07, 6.45) is 0. The lowest BCUT2D eigenvalue weighted by atomic mass is 10.2. The highest BCUT2D eigenvalue weighted by atomic mass is 35.5. The van der Waals surface area contributed by atoms with Crippen LogP contribution in [0.25, 0.3) is 0 Å². The van der Waals surface area contributed by atoms with Crippen molar-refractivity contribution in [2.45, 2.75) is 13.5 Å². The first-order chi connectivity index (χ1) is 12.1. The number of anilines is 2. The van der Waals surface area contributed by atoms with E-state index in [1.165, 1.54) is 11.3 Å². The van der Waals surface area contributed by atoms with E-state index in [4.69, 9.17) is 16.3 Å². The van der Waals surface area contributed by atoms with Gasteiger partial charge in [-0.3, -0.25) is 5.32 Å². The zero-order chi connectivity index (χ0) is 17.6. The third-order valence-corrected chi connectivity index (χ3v) is 4.31. The van der Waals surface area contributed by atoms with E-state index in [-0.39, 0.29) is 12.6 Å². The fourth-order valence-electron chi connectivity index (χ4n) is 1.96. The zero-order valence-electron chi connectivity index (χ0n) is 13.3. The fraction of sp³-hybridized carbons (Fsp3) is 0.118. The smallest absolute Gasteiger partial charge is 0.325 e. The number of hydrogen-bond acceptors (Lipinski definition) is 5. The SMILES string of the molecule is Cc1ccc(NC(=O)Nc2nnc(COc3ccccc3Cl)s2)cc1. The van der Waals surface area contributed by atoms with Crippen LogP contribution in [-0.2, 0) is 6.61 Å². The van der Waals surface area contributed by atoms with Crippen LogP contribution in [0.15, 0.2) is 48.5 Å². The number of carbonyl (C=O) groups is 1. The summed E-state index contributed by atoms with van der Waals surface area (Å²) >= 11 is 7.27. The number of benzene rings is 2. The summed E-state index contributed by atoms with van der Waals surface area (Å²) in [4.78, 5) is 12.0. The van der Waals surface area contributed by atoms with E-state index < -0.39 is 0 Å². The van der Waals surface area contributed by atoms with Crippen molar-refractivity contribution in [3.63, 3.8) is 0 Å². The Morgan fingerprint density at radius 1 is 1.12 bits per heavy atom. The lowest BCUT2D eigenvalue weighted by Crippen LogP contribution is -2.19. The van der Waals surface area contributed by atoms with Gasteiger partial charge in [-0.05, 0) is 31.2 Å². The van der Waals surface area contributed by atoms with Gasteiger partial charge < -0.3 is 10.1 Å². The number of carbonyl (C=O) groups excluding carboxylic acids is 1. The summed E-state index contributed by atoms with van der Waals surface area (Å²) in [5.74, 6) is 0.575. The molecule has 6 nitrogen and oxygen atoms in total. The average molecular weight is 375 g/mol. The molecule has 0 fully saturated rings. The van der Waals surface area contributed by atoms with Crippen molar-refractivity contribution in [3.05, 3.63) is 64.1 Å². The summed E-state index contributed by atoms with van der Waals surface area (Å²) in [7, 11) is 0. The van der Waals surface area contributed by atoms with Crippen LogP contribution in [-0.4, -0.2) is 16.2 Å². The molecule has 25 heavy (non-hydrogen) atoms. The van der Waals surface area contributed by atoms with E-state index >= 15 is 0 Å². The summed E-state index contributed by atoms with van der Waals surface area (Å²) in [5, 5.41) is 14.9. The van der Waals surface area contributed by atoms with Gasteiger partial charge >= 0.3 is 6.03 Å². The van der Waals surface area contributed by atoms with Crippen molar-refractivity contribution in [2.75, 3.05) is 10.6 Å². The molecule has 0 unspecified atom stereocenters. The molecule has 3 aromatic rings. The number of nitrogens with one attached hydrogen (secondary N) is 2. The lowest BCUT2D eigenvalue weighted by Gasteiger charge is -2.05. The van der Waals surface area contributed by atoms with Crippen molar-refractivity contribution in [3.8, 4) is 5.75 Å². The molecule has 1 heterocycles. The summed E-state index contributed by atoms with van der Waals surface area (Å²) < 4.78 is 5.60. The molecule has 3 rings (SSSR count). The number of hydrogen-bond donors (Lipinski definition) is 2. The van der Waals surface area contributed by atoms with Gasteiger partial charge in [-0.15, -0.1) is 10.2 Å². The topological polar surface area (TPSA) is 76.1 Å². The molecule has 0 saturated heterocycles. The molecule has 0 aliphatic rings. The number of ether oxygens (including phenoxy) is 1. The largest absolute Gasteiger partial charge is 0.485 e. The van der Waals surface area contributed by atoms with Crippen molar-refractivity contribution in [1.29, 1.82) is 0 Å². The Bertz CT molecular complexity index is 867. The number of halogens is 1. The molecule has 128 valence electrons. The lowest BCUT2D eigenvalue weighted by molar-refractivity contribution is 0.262. The maximum absolute atomic E-state index is 12.0. The Morgan fingerprint density at radius 3 is 2.64 bits per heavy atom. The van der Waals surface area contributed by atoms with Gasteiger partial charge in [0.2, 0.25) is 5.13 Å². The Hall–Kier alpha value is -2.64. The average Bonchev–Trinajstić information content (AvgIpc) is 3.03. The second-order valence-corrected chi connectivity index (χ2v) is 6.63. The summed E-state index contributed by atoms with van der Waals surface area (Å²) in [6.45, 7) is 2.21. The number of amides is 2. The van der Waals surface area contributed by atoms with Crippen LogP contribution in [0.4, 0.5) is 15.6 Å². The zero-order valence-corrected chi connectivity index (χ0v) is 14.9. The van der Waals surface area contributed by atoms with Crippen LogP contribution in [0.5, 0.6) is 5.75 Å². The molecule has 0 aliphatic carbocycles. The number of rotatable bonds is 5. The standard InChI is InChI=1S/C17H15ClN4O2S/c1-11-6-8-12(9-7-11)19-16(23)20-17-22-21-15(25-17)10-24-14-5-3-2-4-13(14)18/h2-9H,10H2,1H3,(H2,19,20,22,23). The van der Waals surface area contributed by atoms with Gasteiger partial charge in [-0.25, -0.2) is 4.79 Å². The van der Waals surface area contributed by atoms with Gasteiger partial charge in [0.1, 0.15) is 12.4 Å². The molecule has 2 amide bonds. The first-order valence-electron chi connectivity index (χ1n) is 7.44. The van der Waals surface area contributed by atoms with Crippen molar-refractivity contribution in [2.24, 2.45) is 0 Å². The molecule has 0 atom stereocenters. The molecule has 0 spiro atoms. The molecule has 0 saturated carbocycles. The molecular weight excluding hydrogens is 360 g/mol. The molecule has 0 aliphatic heterocycles. The normalized spacial score (nSPS) is 10.3. The molecule has 0 radical (unpaired) electrons. The Kier molecular flexibility index (Phi) is 5.47. The van der Waals surface area contributed by atoms with Crippen LogP contribution < -0.4 is 15.4 Å². The summed E-state index contributed by atoms with van der Waals surface area (Å²) in [5.41, 5.74) is 1.83. The van der Waals surface area contributed by atoms with Crippen LogP contribution in [0.3, 0.4) is 0 Å². The molecule has 8 heteroatoms. The third-order valence-electron chi connectivity index (χ3n) is 3.18. The predicted molar refractivity (Wildman–Crippen MR) is 99.5 cm³/mol. The number of nitrogens with zero attached hydrogens (tertiary/aromatic N) is 2. The van der Waals surface area contributed by atoms with Gasteiger partial charge in [0.25, 0.3) is 0 Å². The van der Waals surface area contributed by atoms with Crippen LogP contribution in [0, 0.1) is 6.92 Å². The van der Waals surface area contributed by atoms with Crippen LogP contribution in [0.2, 0.25) is 5.02 Å². The highest BCUT2D eigenvalue weighted by Gasteiger charge is 2.09. The Labute approximate surface area is 153 Å². The maximum atomic E-state index is 12.0. The van der Waals surface area contributed by atoms with E-state index in [0.29, 0.717) is 26.6 Å². The van der Waals surface area contributed by atoms with Crippen molar-refractivity contribution < 1.29 is 9.53 Å². The first kappa shape index (κ1) is 17.2. The number of urea groups is 1. The van der Waals surface area contributed by atoms with Crippen LogP contribution >= 0.6 is 22.9 Å².